The van der Waals surface area contributed by atoms with Gasteiger partial charge in [0.15, 0.2) is 29.8 Å². The molecule has 0 aromatic heterocycles. The van der Waals surface area contributed by atoms with Crippen molar-refractivity contribution in [3.63, 3.8) is 0 Å². The van der Waals surface area contributed by atoms with Crippen molar-refractivity contribution in [2.75, 3.05) is 78.6 Å². The number of nitrogens with one attached hydrogen (secondary N) is 11. The summed E-state index contributed by atoms with van der Waals surface area (Å²) in [6, 6.07) is -8.15. The van der Waals surface area contributed by atoms with Crippen LogP contribution < -0.4 is 122 Å². The Morgan fingerprint density at radius 3 is 0.907 bits per heavy atom. The molecule has 0 aliphatic carbocycles. The second-order valence-corrected chi connectivity index (χ2v) is 18.3. The lowest BCUT2D eigenvalue weighted by atomic mass is 10.1. The summed E-state index contributed by atoms with van der Waals surface area (Å²) < 4.78 is 0. The van der Waals surface area contributed by atoms with Crippen LogP contribution in [0.4, 0.5) is 0 Å². The van der Waals surface area contributed by atoms with Crippen LogP contribution in [0.1, 0.15) is 64.2 Å². The predicted molar refractivity (Wildman–Crippen MR) is 310 cm³/mol. The number of guanidine groups is 5. The molecule has 0 heterocycles. The zero-order valence-electron chi connectivity index (χ0n) is 47.4. The zero-order chi connectivity index (χ0) is 65.1. The number of nitrogens with two attached hydrogens (primary N) is 11. The molecule has 41 heteroatoms. The van der Waals surface area contributed by atoms with E-state index in [1.165, 1.54) is 0 Å². The summed E-state index contributed by atoms with van der Waals surface area (Å²) in [4.78, 5) is 173. The van der Waals surface area contributed by atoms with E-state index in [0.29, 0.717) is 6.42 Å². The number of aliphatic hydroxyl groups is 1. The molecule has 0 bridgehead atoms. The van der Waals surface area contributed by atoms with Gasteiger partial charge < -0.3 is 132 Å². The summed E-state index contributed by atoms with van der Waals surface area (Å²) in [5, 5.41) is 44.6. The molecule has 35 N–H and O–H groups in total. The highest BCUT2D eigenvalue weighted by Gasteiger charge is 2.29. The molecule has 0 aromatic carbocycles. The van der Waals surface area contributed by atoms with Gasteiger partial charge in [-0.2, -0.15) is 0 Å². The SMILES string of the molecule is NC(N)=NCCC[C@H](NC(=O)CNC(=O)[C@H](CCCN=C(N)N)NC(=O)CNC(=O)[C@H](CCCN=C(N)N)NC(=O)[C@H](CCCN=C(N)N)NC(=O)CNC(=O)CNC(=O)[C@H](CO)NC(=O)CNC(=O)CNC(=O)[C@@H](N)CCCN=C(N)N)C(=O)O. The minimum absolute atomic E-state index is 0.0186. The van der Waals surface area contributed by atoms with E-state index in [1.54, 1.807) is 0 Å². The van der Waals surface area contributed by atoms with Gasteiger partial charge in [-0.15, -0.1) is 0 Å². The number of carbonyl (C=O) groups is 12. The Kier molecular flexibility index (Phi) is 38.5. The van der Waals surface area contributed by atoms with E-state index in [9.17, 15) is 67.7 Å². The van der Waals surface area contributed by atoms with Gasteiger partial charge in [-0.05, 0) is 64.2 Å². The van der Waals surface area contributed by atoms with Crippen molar-refractivity contribution in [2.24, 2.45) is 88.0 Å². The molecule has 11 amide bonds. The number of aliphatic carboxylic acids is 1. The third-order valence-electron chi connectivity index (χ3n) is 11.1. The van der Waals surface area contributed by atoms with Crippen molar-refractivity contribution < 1.29 is 67.7 Å². The summed E-state index contributed by atoms with van der Waals surface area (Å²) in [5.41, 5.74) is 59.3. The van der Waals surface area contributed by atoms with Crippen molar-refractivity contribution in [3.05, 3.63) is 0 Å². The van der Waals surface area contributed by atoms with Crippen LogP contribution >= 0.6 is 0 Å². The third-order valence-corrected chi connectivity index (χ3v) is 11.1. The van der Waals surface area contributed by atoms with E-state index < -0.39 is 153 Å². The van der Waals surface area contributed by atoms with Gasteiger partial charge in [0.25, 0.3) is 0 Å². The smallest absolute Gasteiger partial charge is 0.326 e. The number of amides is 11. The molecular weight excluding hydrogens is 1140 g/mol. The van der Waals surface area contributed by atoms with E-state index in [-0.39, 0.29) is 120 Å². The number of aliphatic hydroxyl groups excluding tert-OH is 1. The fraction of sp³-hybridized carbons (Fsp3) is 0.622. The third kappa shape index (κ3) is 38.6. The molecule has 6 atom stereocenters. The van der Waals surface area contributed by atoms with Crippen LogP contribution in [0.15, 0.2) is 25.0 Å². The Morgan fingerprint density at radius 1 is 0.314 bits per heavy atom. The van der Waals surface area contributed by atoms with Gasteiger partial charge in [-0.1, -0.05) is 0 Å². The summed E-state index contributed by atoms with van der Waals surface area (Å²) >= 11 is 0. The van der Waals surface area contributed by atoms with Gasteiger partial charge in [0.2, 0.25) is 65.0 Å². The number of hydrogen-bond donors (Lipinski definition) is 24. The maximum Gasteiger partial charge on any atom is 0.326 e. The molecule has 0 fully saturated rings. The maximum absolute atomic E-state index is 13.8. The molecule has 0 spiro atoms. The fourth-order valence-corrected chi connectivity index (χ4v) is 6.83. The molecule has 0 radical (unpaired) electrons. The monoisotopic (exact) mass is 1230 g/mol. The van der Waals surface area contributed by atoms with Gasteiger partial charge in [-0.25, -0.2) is 4.79 Å². The molecule has 0 saturated heterocycles. The fourth-order valence-electron chi connectivity index (χ4n) is 6.83. The number of nitrogens with zero attached hydrogens (tertiary/aromatic N) is 5. The van der Waals surface area contributed by atoms with Crippen LogP contribution in [0.25, 0.3) is 0 Å². The molecule has 0 unspecified atom stereocenters. The number of carbonyl (C=O) groups excluding carboxylic acids is 11. The zero-order valence-corrected chi connectivity index (χ0v) is 47.4. The van der Waals surface area contributed by atoms with Gasteiger partial charge in [0, 0.05) is 32.7 Å². The van der Waals surface area contributed by atoms with E-state index in [2.05, 4.69) is 83.4 Å². The first-order valence-electron chi connectivity index (χ1n) is 26.5. The molecule has 86 heavy (non-hydrogen) atoms. The minimum atomic E-state index is -1.61. The second-order valence-electron chi connectivity index (χ2n) is 18.3. The Labute approximate surface area is 493 Å². The number of aliphatic imine (C=N–C) groups is 5. The first kappa shape index (κ1) is 75.9. The van der Waals surface area contributed by atoms with Gasteiger partial charge in [0.05, 0.1) is 51.9 Å². The van der Waals surface area contributed by atoms with E-state index in [4.69, 9.17) is 63.1 Å². The summed E-state index contributed by atoms with van der Waals surface area (Å²) in [7, 11) is 0. The molecule has 0 aliphatic heterocycles. The Balaban J connectivity index is 5.81. The number of carboxylic acid groups (broad SMARTS) is 1. The van der Waals surface area contributed by atoms with Crippen LogP contribution in [-0.4, -0.2) is 226 Å². The largest absolute Gasteiger partial charge is 0.480 e. The lowest BCUT2D eigenvalue weighted by Gasteiger charge is -2.23. The van der Waals surface area contributed by atoms with Crippen LogP contribution in [0.5, 0.6) is 0 Å². The number of rotatable bonds is 44. The van der Waals surface area contributed by atoms with Crippen molar-refractivity contribution >= 4 is 101 Å². The van der Waals surface area contributed by atoms with Gasteiger partial charge in [-0.3, -0.25) is 77.7 Å². The first-order chi connectivity index (χ1) is 40.5. The van der Waals surface area contributed by atoms with E-state index in [1.807, 2.05) is 0 Å². The quantitative estimate of drug-likeness (QED) is 0.0153. The number of carboxylic acids is 1. The Hall–Kier alpha value is -10.1. The van der Waals surface area contributed by atoms with E-state index in [0.717, 1.165) is 0 Å². The molecule has 0 saturated carbocycles. The molecule has 0 rings (SSSR count). The maximum atomic E-state index is 13.8. The molecule has 0 aliphatic rings. The highest BCUT2D eigenvalue weighted by atomic mass is 16.4. The highest BCUT2D eigenvalue weighted by Crippen LogP contribution is 2.05. The minimum Gasteiger partial charge on any atom is -0.480 e. The normalized spacial score (nSPS) is 12.5. The highest BCUT2D eigenvalue weighted by molar-refractivity contribution is 5.97. The van der Waals surface area contributed by atoms with E-state index >= 15 is 0 Å². The molecule has 484 valence electrons. The summed E-state index contributed by atoms with van der Waals surface area (Å²) in [6.45, 7) is -4.93. The van der Waals surface area contributed by atoms with Crippen molar-refractivity contribution in [1.82, 2.24) is 58.5 Å². The lowest BCUT2D eigenvalue weighted by molar-refractivity contribution is -0.142. The molecular formula is C45H85N27O14. The molecule has 0 aromatic rings. The number of hydrogen-bond acceptors (Lipinski definition) is 19. The average molecular weight is 1230 g/mol. The van der Waals surface area contributed by atoms with Crippen molar-refractivity contribution in [2.45, 2.75) is 100 Å². The average Bonchev–Trinajstić information content (AvgIpc) is 3.64. The van der Waals surface area contributed by atoms with Crippen LogP contribution in [0, 0.1) is 0 Å². The van der Waals surface area contributed by atoms with Crippen molar-refractivity contribution in [3.8, 4) is 0 Å². The Bertz CT molecular complexity index is 2420. The van der Waals surface area contributed by atoms with Crippen LogP contribution in [0.2, 0.25) is 0 Å². The first-order valence-corrected chi connectivity index (χ1v) is 26.5. The van der Waals surface area contributed by atoms with Crippen LogP contribution in [0.3, 0.4) is 0 Å². The lowest BCUT2D eigenvalue weighted by Crippen LogP contribution is -2.56. The Morgan fingerprint density at radius 2 is 0.570 bits per heavy atom. The predicted octanol–water partition coefficient (Wildman–Crippen LogP) is -14.2. The van der Waals surface area contributed by atoms with Gasteiger partial charge >= 0.3 is 5.97 Å². The van der Waals surface area contributed by atoms with Crippen LogP contribution in [-0.2, 0) is 57.5 Å². The molecule has 41 nitrogen and oxygen atoms in total. The second kappa shape index (κ2) is 43.6. The topological polar surface area (TPSA) is 726 Å². The van der Waals surface area contributed by atoms with Crippen molar-refractivity contribution in [1.29, 1.82) is 0 Å². The summed E-state index contributed by atoms with van der Waals surface area (Å²) in [5.74, 6) is -12.4. The standard InChI is InChI=1S/C45H85N27O14/c46-23(6-1-11-57-41(47)48)35(80)64-16-29(74)63-19-32(77)71-28(22-73)38(83)65-17-30(75)62-18-31(76)69-26(9-4-14-60-44(53)54)39(84)72-25(8-3-13-59-43(51)52)37(82)67-20-33(78)68-24(7-2-12-58-42(49)50)36(81)66-21-34(79)70-27(40(85)86)10-5-15-61-45(55)56/h23-28,73H,1-22,46H2,(H,62,75)(H,63,74)(H,64,80)(H,65,83)(H,66,81)(H,67,82)(H,68,78)(H,69,76)(H,70,79)(H,71,77)(H,72,84)(H,85,86)(H4,47,48,57)(H4,49,50,58)(H4,51,52,59)(H4,53,54,60)(H4,55,56,61)/t23-,24-,25-,26-,27-,28-/m0/s1. The summed E-state index contributed by atoms with van der Waals surface area (Å²) in [6.07, 6.45) is 0.621. The van der Waals surface area contributed by atoms with Gasteiger partial charge in [0.1, 0.15) is 30.2 Å².